The van der Waals surface area contributed by atoms with E-state index in [1.807, 2.05) is 11.5 Å². The number of aryl methyl sites for hydroxylation is 1. The number of benzene rings is 2. The van der Waals surface area contributed by atoms with Crippen LogP contribution in [0.15, 0.2) is 42.5 Å². The molecule has 0 unspecified atom stereocenters. The number of carboxylic acids is 1. The standard InChI is InChI=1S/C16H13FN2O2/c1-2-19-14-8-7-10(17)9-13(14)18-15(19)11-5-3-4-6-12(11)16(20)21/h3-9H,2H2,1H3,(H,20,21). The fourth-order valence-corrected chi connectivity index (χ4v) is 2.49. The number of imidazole rings is 1. The van der Waals surface area contributed by atoms with Gasteiger partial charge in [0.05, 0.1) is 16.6 Å². The van der Waals surface area contributed by atoms with Gasteiger partial charge in [-0.05, 0) is 25.1 Å². The molecule has 1 N–H and O–H groups in total. The molecule has 3 rings (SSSR count). The maximum absolute atomic E-state index is 13.3. The molecular weight excluding hydrogens is 271 g/mol. The Hall–Kier alpha value is -2.69. The van der Waals surface area contributed by atoms with Gasteiger partial charge in [-0.25, -0.2) is 14.2 Å². The minimum atomic E-state index is -1.01. The van der Waals surface area contributed by atoms with Crippen LogP contribution in [-0.4, -0.2) is 20.6 Å². The highest BCUT2D eigenvalue weighted by Gasteiger charge is 2.17. The topological polar surface area (TPSA) is 55.1 Å². The lowest BCUT2D eigenvalue weighted by Crippen LogP contribution is -2.04. The molecule has 0 saturated heterocycles. The summed E-state index contributed by atoms with van der Waals surface area (Å²) in [6.07, 6.45) is 0. The van der Waals surface area contributed by atoms with Gasteiger partial charge in [0.25, 0.3) is 0 Å². The van der Waals surface area contributed by atoms with E-state index in [-0.39, 0.29) is 11.4 Å². The van der Waals surface area contributed by atoms with Crippen molar-refractivity contribution in [3.63, 3.8) is 0 Å². The Kier molecular flexibility index (Phi) is 3.17. The van der Waals surface area contributed by atoms with Crippen LogP contribution in [-0.2, 0) is 6.54 Å². The lowest BCUT2D eigenvalue weighted by molar-refractivity contribution is 0.0697. The summed E-state index contributed by atoms with van der Waals surface area (Å²) in [5, 5.41) is 9.31. The average molecular weight is 284 g/mol. The van der Waals surface area contributed by atoms with Gasteiger partial charge in [-0.2, -0.15) is 0 Å². The van der Waals surface area contributed by atoms with Crippen LogP contribution in [0.4, 0.5) is 4.39 Å². The number of aromatic nitrogens is 2. The largest absolute Gasteiger partial charge is 0.478 e. The molecule has 1 heterocycles. The van der Waals surface area contributed by atoms with E-state index in [9.17, 15) is 14.3 Å². The van der Waals surface area contributed by atoms with Crippen molar-refractivity contribution in [2.75, 3.05) is 0 Å². The minimum absolute atomic E-state index is 0.183. The van der Waals surface area contributed by atoms with E-state index in [4.69, 9.17) is 0 Å². The summed E-state index contributed by atoms with van der Waals surface area (Å²) >= 11 is 0. The number of fused-ring (bicyclic) bond motifs is 1. The molecule has 3 aromatic rings. The van der Waals surface area contributed by atoms with E-state index in [1.54, 1.807) is 24.3 Å². The minimum Gasteiger partial charge on any atom is -0.478 e. The molecule has 106 valence electrons. The third-order valence-electron chi connectivity index (χ3n) is 3.42. The van der Waals surface area contributed by atoms with Gasteiger partial charge in [0.2, 0.25) is 0 Å². The first-order chi connectivity index (χ1) is 10.1. The Morgan fingerprint density at radius 3 is 2.76 bits per heavy atom. The van der Waals surface area contributed by atoms with Crippen molar-refractivity contribution >= 4 is 17.0 Å². The highest BCUT2D eigenvalue weighted by molar-refractivity contribution is 5.96. The van der Waals surface area contributed by atoms with Crippen LogP contribution < -0.4 is 0 Å². The van der Waals surface area contributed by atoms with Crippen molar-refractivity contribution in [1.29, 1.82) is 0 Å². The Balaban J connectivity index is 2.32. The second-order valence-electron chi connectivity index (χ2n) is 4.66. The Morgan fingerprint density at radius 2 is 2.05 bits per heavy atom. The van der Waals surface area contributed by atoms with Crippen LogP contribution in [0.25, 0.3) is 22.4 Å². The third kappa shape index (κ3) is 2.16. The van der Waals surface area contributed by atoms with E-state index in [2.05, 4.69) is 4.98 Å². The maximum Gasteiger partial charge on any atom is 0.336 e. The fourth-order valence-electron chi connectivity index (χ4n) is 2.49. The predicted octanol–water partition coefficient (Wildman–Crippen LogP) is 3.56. The number of carbonyl (C=O) groups is 1. The fraction of sp³-hybridized carbons (Fsp3) is 0.125. The molecule has 0 bridgehead atoms. The first kappa shape index (κ1) is 13.3. The Morgan fingerprint density at radius 1 is 1.29 bits per heavy atom. The lowest BCUT2D eigenvalue weighted by Gasteiger charge is -2.08. The van der Waals surface area contributed by atoms with Crippen LogP contribution >= 0.6 is 0 Å². The van der Waals surface area contributed by atoms with E-state index < -0.39 is 5.97 Å². The number of halogens is 1. The van der Waals surface area contributed by atoms with Gasteiger partial charge in [0.1, 0.15) is 11.6 Å². The van der Waals surface area contributed by atoms with Crippen LogP contribution in [0, 0.1) is 5.82 Å². The van der Waals surface area contributed by atoms with Gasteiger partial charge in [-0.3, -0.25) is 0 Å². The Labute approximate surface area is 120 Å². The van der Waals surface area contributed by atoms with E-state index in [1.165, 1.54) is 18.2 Å². The van der Waals surface area contributed by atoms with Crippen molar-refractivity contribution in [2.45, 2.75) is 13.5 Å². The molecule has 1 aromatic heterocycles. The van der Waals surface area contributed by atoms with E-state index in [0.717, 1.165) is 5.52 Å². The SMILES string of the molecule is CCn1c(-c2ccccc2C(=O)O)nc2cc(F)ccc21. The van der Waals surface area contributed by atoms with Crippen LogP contribution in [0.3, 0.4) is 0 Å². The molecule has 2 aromatic carbocycles. The van der Waals surface area contributed by atoms with Crippen LogP contribution in [0.5, 0.6) is 0 Å². The molecule has 4 nitrogen and oxygen atoms in total. The molecule has 0 aliphatic rings. The number of carboxylic acid groups (broad SMARTS) is 1. The maximum atomic E-state index is 13.3. The van der Waals surface area contributed by atoms with E-state index in [0.29, 0.717) is 23.4 Å². The van der Waals surface area contributed by atoms with Crippen molar-refractivity contribution in [3.8, 4) is 11.4 Å². The zero-order chi connectivity index (χ0) is 15.0. The summed E-state index contributed by atoms with van der Waals surface area (Å²) in [7, 11) is 0. The lowest BCUT2D eigenvalue weighted by atomic mass is 10.1. The van der Waals surface area contributed by atoms with Gasteiger partial charge in [-0.1, -0.05) is 18.2 Å². The number of nitrogens with zero attached hydrogens (tertiary/aromatic N) is 2. The molecular formula is C16H13FN2O2. The van der Waals surface area contributed by atoms with Crippen molar-refractivity contribution < 1.29 is 14.3 Å². The summed E-state index contributed by atoms with van der Waals surface area (Å²) in [4.78, 5) is 15.8. The summed E-state index contributed by atoms with van der Waals surface area (Å²) in [5.74, 6) is -0.830. The van der Waals surface area contributed by atoms with Crippen LogP contribution in [0.2, 0.25) is 0 Å². The molecule has 0 radical (unpaired) electrons. The molecule has 5 heteroatoms. The van der Waals surface area contributed by atoms with Gasteiger partial charge < -0.3 is 9.67 Å². The smallest absolute Gasteiger partial charge is 0.336 e. The molecule has 0 atom stereocenters. The quantitative estimate of drug-likeness (QED) is 0.800. The monoisotopic (exact) mass is 284 g/mol. The van der Waals surface area contributed by atoms with Gasteiger partial charge in [0, 0.05) is 18.2 Å². The number of rotatable bonds is 3. The van der Waals surface area contributed by atoms with Gasteiger partial charge in [0.15, 0.2) is 0 Å². The van der Waals surface area contributed by atoms with E-state index >= 15 is 0 Å². The molecule has 0 saturated carbocycles. The predicted molar refractivity (Wildman–Crippen MR) is 77.8 cm³/mol. The van der Waals surface area contributed by atoms with Crippen molar-refractivity contribution in [1.82, 2.24) is 9.55 Å². The van der Waals surface area contributed by atoms with Crippen molar-refractivity contribution in [3.05, 3.63) is 53.8 Å². The molecule has 21 heavy (non-hydrogen) atoms. The normalized spacial score (nSPS) is 11.0. The Bertz CT molecular complexity index is 839. The second-order valence-corrected chi connectivity index (χ2v) is 4.66. The van der Waals surface area contributed by atoms with Gasteiger partial charge in [-0.15, -0.1) is 0 Å². The van der Waals surface area contributed by atoms with Gasteiger partial charge >= 0.3 is 5.97 Å². The van der Waals surface area contributed by atoms with Crippen LogP contribution in [0.1, 0.15) is 17.3 Å². The average Bonchev–Trinajstić information content (AvgIpc) is 2.84. The molecule has 0 spiro atoms. The summed E-state index contributed by atoms with van der Waals surface area (Å²) in [6.45, 7) is 2.56. The zero-order valence-corrected chi connectivity index (χ0v) is 11.4. The summed E-state index contributed by atoms with van der Waals surface area (Å²) < 4.78 is 15.2. The molecule has 0 aliphatic heterocycles. The second kappa shape index (κ2) is 5.01. The number of hydrogen-bond donors (Lipinski definition) is 1. The first-order valence-corrected chi connectivity index (χ1v) is 6.60. The third-order valence-corrected chi connectivity index (χ3v) is 3.42. The molecule has 0 aliphatic carbocycles. The number of hydrogen-bond acceptors (Lipinski definition) is 2. The summed E-state index contributed by atoms with van der Waals surface area (Å²) in [5.41, 5.74) is 2.02. The highest BCUT2D eigenvalue weighted by Crippen LogP contribution is 2.28. The molecule has 0 amide bonds. The summed E-state index contributed by atoms with van der Waals surface area (Å²) in [6, 6.07) is 11.1. The highest BCUT2D eigenvalue weighted by atomic mass is 19.1. The van der Waals surface area contributed by atoms with Crippen molar-refractivity contribution in [2.24, 2.45) is 0 Å². The molecule has 0 fully saturated rings. The zero-order valence-electron chi connectivity index (χ0n) is 11.4. The number of aromatic carboxylic acids is 1. The first-order valence-electron chi connectivity index (χ1n) is 6.60.